The molecule has 0 radical (unpaired) electrons. The highest BCUT2D eigenvalue weighted by molar-refractivity contribution is 9.10. The van der Waals surface area contributed by atoms with Crippen LogP contribution in [0, 0.1) is 0 Å². The van der Waals surface area contributed by atoms with E-state index < -0.39 is 0 Å². The van der Waals surface area contributed by atoms with Crippen molar-refractivity contribution in [2.24, 2.45) is 10.7 Å². The predicted molar refractivity (Wildman–Crippen MR) is 92.5 cm³/mol. The van der Waals surface area contributed by atoms with Crippen LogP contribution in [0.1, 0.15) is 26.3 Å². The summed E-state index contributed by atoms with van der Waals surface area (Å²) in [5.74, 6) is 0.660. The molecule has 0 fully saturated rings. The Morgan fingerprint density at radius 3 is 2.48 bits per heavy atom. The van der Waals surface area contributed by atoms with E-state index in [-0.39, 0.29) is 5.54 Å². The Labute approximate surface area is 136 Å². The molecule has 0 aromatic heterocycles. The zero-order valence-corrected chi connectivity index (χ0v) is 14.7. The van der Waals surface area contributed by atoms with Gasteiger partial charge in [-0.05, 0) is 37.7 Å². The van der Waals surface area contributed by atoms with Gasteiger partial charge in [0.05, 0.1) is 12.1 Å². The summed E-state index contributed by atoms with van der Waals surface area (Å²) in [6, 6.07) is 8.47. The summed E-state index contributed by atoms with van der Waals surface area (Å²) in [4.78, 5) is 9.14. The van der Waals surface area contributed by atoms with Crippen molar-refractivity contribution in [1.82, 2.24) is 9.80 Å². The Morgan fingerprint density at radius 2 is 1.90 bits per heavy atom. The highest BCUT2D eigenvalue weighted by Crippen LogP contribution is 2.33. The summed E-state index contributed by atoms with van der Waals surface area (Å²) in [5.41, 5.74) is 7.26. The van der Waals surface area contributed by atoms with E-state index in [1.165, 1.54) is 5.56 Å². The molecule has 1 unspecified atom stereocenters. The van der Waals surface area contributed by atoms with E-state index in [4.69, 9.17) is 5.73 Å². The normalized spacial score (nSPS) is 22.0. The van der Waals surface area contributed by atoms with E-state index >= 15 is 0 Å². The summed E-state index contributed by atoms with van der Waals surface area (Å²) in [6.07, 6.45) is 0. The lowest BCUT2D eigenvalue weighted by molar-refractivity contribution is 0.188. The zero-order valence-electron chi connectivity index (χ0n) is 13.1. The van der Waals surface area contributed by atoms with Crippen LogP contribution in [0.25, 0.3) is 0 Å². The van der Waals surface area contributed by atoms with Crippen LogP contribution < -0.4 is 5.73 Å². The number of benzene rings is 1. The van der Waals surface area contributed by atoms with E-state index in [2.05, 4.69) is 75.8 Å². The molecule has 4 nitrogen and oxygen atoms in total. The maximum Gasteiger partial charge on any atom is 0.192 e. The second-order valence-corrected chi connectivity index (χ2v) is 6.55. The quantitative estimate of drug-likeness (QED) is 0.855. The topological polar surface area (TPSA) is 44.9 Å². The van der Waals surface area contributed by atoms with E-state index in [1.54, 1.807) is 0 Å². The molecule has 0 aliphatic carbocycles. The molecule has 1 aliphatic rings. The third-order valence-corrected chi connectivity index (χ3v) is 4.95. The summed E-state index contributed by atoms with van der Waals surface area (Å²) in [6.45, 7) is 11.4. The number of hydrogen-bond donors (Lipinski definition) is 1. The summed E-state index contributed by atoms with van der Waals surface area (Å²) >= 11 is 3.49. The lowest BCUT2D eigenvalue weighted by Gasteiger charge is -2.38. The predicted octanol–water partition coefficient (Wildman–Crippen LogP) is 2.64. The molecule has 5 heteroatoms. The lowest BCUT2D eigenvalue weighted by atomic mass is 9.91. The minimum absolute atomic E-state index is 0.141. The molecule has 0 spiro atoms. The Kier molecular flexibility index (Phi) is 5.27. The zero-order chi connectivity index (χ0) is 15.5. The highest BCUT2D eigenvalue weighted by atomic mass is 79.9. The summed E-state index contributed by atoms with van der Waals surface area (Å²) in [7, 11) is 0. The number of hydrogen-bond acceptors (Lipinski definition) is 4. The standard InChI is InChI=1S/C16H25BrN4/c1-4-20(5-2)10-11-21-15(18)19-12-16(21,3)13-6-8-14(17)9-7-13/h6-9H,4-5,10-12H2,1-3H3,(H2,18,19). The Morgan fingerprint density at radius 1 is 1.29 bits per heavy atom. The molecule has 0 bridgehead atoms. The Hall–Kier alpha value is -1.07. The van der Waals surface area contributed by atoms with Crippen LogP contribution in [0.5, 0.6) is 0 Å². The van der Waals surface area contributed by atoms with Crippen molar-refractivity contribution in [2.45, 2.75) is 26.3 Å². The fraction of sp³-hybridized carbons (Fsp3) is 0.562. The number of nitrogens with two attached hydrogens (primary N) is 1. The van der Waals surface area contributed by atoms with Gasteiger partial charge in [-0.3, -0.25) is 4.99 Å². The van der Waals surface area contributed by atoms with Crippen LogP contribution in [0.3, 0.4) is 0 Å². The van der Waals surface area contributed by atoms with Crippen molar-refractivity contribution in [3.8, 4) is 0 Å². The van der Waals surface area contributed by atoms with Gasteiger partial charge in [0.15, 0.2) is 5.96 Å². The van der Waals surface area contributed by atoms with E-state index in [1.807, 2.05) is 0 Å². The number of guanidine groups is 1. The number of rotatable bonds is 6. The number of halogens is 1. The maximum atomic E-state index is 6.14. The monoisotopic (exact) mass is 352 g/mol. The lowest BCUT2D eigenvalue weighted by Crippen LogP contribution is -2.50. The van der Waals surface area contributed by atoms with Gasteiger partial charge in [-0.25, -0.2) is 0 Å². The molecule has 0 amide bonds. The molecule has 21 heavy (non-hydrogen) atoms. The third-order valence-electron chi connectivity index (χ3n) is 4.42. The second kappa shape index (κ2) is 6.79. The van der Waals surface area contributed by atoms with Crippen LogP contribution in [0.4, 0.5) is 0 Å². The van der Waals surface area contributed by atoms with E-state index in [0.29, 0.717) is 5.96 Å². The molecule has 1 aromatic rings. The number of nitrogens with zero attached hydrogens (tertiary/aromatic N) is 3. The van der Waals surface area contributed by atoms with Crippen LogP contribution in [0.15, 0.2) is 33.7 Å². The molecule has 1 aliphatic heterocycles. The second-order valence-electron chi connectivity index (χ2n) is 5.63. The van der Waals surface area contributed by atoms with Crippen molar-refractivity contribution in [1.29, 1.82) is 0 Å². The molecule has 2 N–H and O–H groups in total. The first-order valence-corrected chi connectivity index (χ1v) is 8.36. The molecule has 2 rings (SSSR count). The molecule has 116 valence electrons. The first kappa shape index (κ1) is 16.3. The van der Waals surface area contributed by atoms with E-state index in [0.717, 1.165) is 37.2 Å². The molecule has 1 atom stereocenters. The van der Waals surface area contributed by atoms with Gasteiger partial charge in [0.1, 0.15) is 0 Å². The van der Waals surface area contributed by atoms with Crippen molar-refractivity contribution >= 4 is 21.9 Å². The van der Waals surface area contributed by atoms with Gasteiger partial charge in [-0.1, -0.05) is 41.9 Å². The average Bonchev–Trinajstić information content (AvgIpc) is 2.78. The Balaban J connectivity index is 2.16. The highest BCUT2D eigenvalue weighted by Gasteiger charge is 2.39. The summed E-state index contributed by atoms with van der Waals surface area (Å²) in [5, 5.41) is 0. The minimum atomic E-state index is -0.141. The fourth-order valence-corrected chi connectivity index (χ4v) is 3.12. The molecule has 1 heterocycles. The fourth-order valence-electron chi connectivity index (χ4n) is 2.86. The number of likely N-dealkylation sites (N-methyl/N-ethyl adjacent to an activating group) is 1. The minimum Gasteiger partial charge on any atom is -0.370 e. The Bertz CT molecular complexity index is 496. The molecular formula is C16H25BrN4. The molecule has 0 saturated heterocycles. The first-order valence-electron chi connectivity index (χ1n) is 7.57. The van der Waals surface area contributed by atoms with Gasteiger partial charge >= 0.3 is 0 Å². The molecular weight excluding hydrogens is 328 g/mol. The van der Waals surface area contributed by atoms with Gasteiger partial charge in [0, 0.05) is 17.6 Å². The van der Waals surface area contributed by atoms with Gasteiger partial charge < -0.3 is 15.5 Å². The van der Waals surface area contributed by atoms with Gasteiger partial charge in [-0.15, -0.1) is 0 Å². The largest absolute Gasteiger partial charge is 0.370 e. The van der Waals surface area contributed by atoms with Gasteiger partial charge in [0.2, 0.25) is 0 Å². The van der Waals surface area contributed by atoms with Crippen LogP contribution in [0.2, 0.25) is 0 Å². The van der Waals surface area contributed by atoms with Crippen molar-refractivity contribution in [2.75, 3.05) is 32.7 Å². The van der Waals surface area contributed by atoms with Crippen molar-refractivity contribution in [3.05, 3.63) is 34.3 Å². The first-order chi connectivity index (χ1) is 10.0. The van der Waals surface area contributed by atoms with Crippen LogP contribution >= 0.6 is 15.9 Å². The maximum absolute atomic E-state index is 6.14. The van der Waals surface area contributed by atoms with Gasteiger partial charge in [0.25, 0.3) is 0 Å². The smallest absolute Gasteiger partial charge is 0.192 e. The van der Waals surface area contributed by atoms with Crippen LogP contribution in [-0.4, -0.2) is 48.5 Å². The van der Waals surface area contributed by atoms with Crippen LogP contribution in [-0.2, 0) is 5.54 Å². The SMILES string of the molecule is CCN(CC)CCN1C(N)=NCC1(C)c1ccc(Br)cc1. The number of aliphatic imine (C=N–C) groups is 1. The third kappa shape index (κ3) is 3.40. The molecule has 0 saturated carbocycles. The van der Waals surface area contributed by atoms with Crippen molar-refractivity contribution < 1.29 is 0 Å². The van der Waals surface area contributed by atoms with E-state index in [9.17, 15) is 0 Å². The molecule has 1 aromatic carbocycles. The van der Waals surface area contributed by atoms with Gasteiger partial charge in [-0.2, -0.15) is 0 Å². The average molecular weight is 353 g/mol. The van der Waals surface area contributed by atoms with Crippen molar-refractivity contribution in [3.63, 3.8) is 0 Å². The summed E-state index contributed by atoms with van der Waals surface area (Å²) < 4.78 is 1.09.